The second-order valence-corrected chi connectivity index (χ2v) is 7.29. The molecule has 1 heterocycles. The zero-order chi connectivity index (χ0) is 19.8. The Bertz CT molecular complexity index is 657. The molecule has 6 heteroatoms. The van der Waals surface area contributed by atoms with Crippen LogP contribution < -0.4 is 10.1 Å². The molecule has 1 amide bonds. The molecule has 0 radical (unpaired) electrons. The molecule has 0 atom stereocenters. The van der Waals surface area contributed by atoms with Crippen LogP contribution in [0.25, 0.3) is 0 Å². The third-order valence-corrected chi connectivity index (χ3v) is 4.42. The number of nitrogens with one attached hydrogen (secondary N) is 1. The number of benzene rings is 1. The van der Waals surface area contributed by atoms with Crippen LogP contribution in [-0.2, 0) is 14.3 Å². The summed E-state index contributed by atoms with van der Waals surface area (Å²) in [7, 11) is 0. The lowest BCUT2D eigenvalue weighted by molar-refractivity contribution is -0.136. The highest BCUT2D eigenvalue weighted by Gasteiger charge is 2.18. The minimum Gasteiger partial charge on any atom is -0.479 e. The summed E-state index contributed by atoms with van der Waals surface area (Å²) in [5, 5.41) is 2.81. The number of esters is 1. The van der Waals surface area contributed by atoms with Crippen LogP contribution in [0, 0.1) is 0 Å². The van der Waals surface area contributed by atoms with Crippen LogP contribution in [0.3, 0.4) is 0 Å². The molecule has 0 fully saturated rings. The highest BCUT2D eigenvalue weighted by atomic mass is 16.5. The number of rotatable bonds is 9. The van der Waals surface area contributed by atoms with Gasteiger partial charge in [0.25, 0.3) is 0 Å². The molecule has 1 aromatic rings. The predicted octanol–water partition coefficient (Wildman–Crippen LogP) is 3.50. The first-order chi connectivity index (χ1) is 12.9. The quantitative estimate of drug-likeness (QED) is 0.529. The first kappa shape index (κ1) is 20.8. The van der Waals surface area contributed by atoms with Crippen molar-refractivity contribution in [2.45, 2.75) is 52.4 Å². The van der Waals surface area contributed by atoms with Crippen LogP contribution in [0.15, 0.2) is 30.7 Å². The van der Waals surface area contributed by atoms with E-state index in [1.807, 2.05) is 29.3 Å². The van der Waals surface area contributed by atoms with E-state index in [4.69, 9.17) is 9.47 Å². The van der Waals surface area contributed by atoms with Crippen LogP contribution in [0.5, 0.6) is 5.75 Å². The number of nitrogens with zero attached hydrogens (tertiary/aromatic N) is 1. The fourth-order valence-electron chi connectivity index (χ4n) is 2.86. The smallest absolute Gasteiger partial charge is 0.311 e. The summed E-state index contributed by atoms with van der Waals surface area (Å²) in [4.78, 5) is 26.2. The van der Waals surface area contributed by atoms with Gasteiger partial charge in [0.2, 0.25) is 5.91 Å². The second-order valence-electron chi connectivity index (χ2n) is 7.29. The summed E-state index contributed by atoms with van der Waals surface area (Å²) in [5.41, 5.74) is 2.03. The average molecular weight is 374 g/mol. The molecule has 0 unspecified atom stereocenters. The van der Waals surface area contributed by atoms with Crippen LogP contribution in [-0.4, -0.2) is 36.6 Å². The van der Waals surface area contributed by atoms with Gasteiger partial charge in [0.05, 0.1) is 6.42 Å². The summed E-state index contributed by atoms with van der Waals surface area (Å²) in [6.45, 7) is 9.99. The number of carbonyl (C=O) groups is 2. The maximum Gasteiger partial charge on any atom is 0.311 e. The lowest BCUT2D eigenvalue weighted by Gasteiger charge is -2.19. The first-order valence-corrected chi connectivity index (χ1v) is 9.51. The average Bonchev–Trinajstić information content (AvgIpc) is 3.13. The van der Waals surface area contributed by atoms with Crippen molar-refractivity contribution in [2.75, 3.05) is 19.8 Å². The Morgan fingerprint density at radius 2 is 1.81 bits per heavy atom. The molecule has 1 aromatic carbocycles. The van der Waals surface area contributed by atoms with E-state index in [0.717, 1.165) is 11.1 Å². The molecule has 6 nitrogen and oxygen atoms in total. The number of hydrogen-bond donors (Lipinski definition) is 1. The summed E-state index contributed by atoms with van der Waals surface area (Å²) in [6.07, 6.45) is 3.63. The summed E-state index contributed by atoms with van der Waals surface area (Å²) < 4.78 is 10.8. The van der Waals surface area contributed by atoms with E-state index in [9.17, 15) is 9.59 Å². The van der Waals surface area contributed by atoms with Gasteiger partial charge in [0.15, 0.2) is 6.73 Å². The topological polar surface area (TPSA) is 67.9 Å². The monoisotopic (exact) mass is 374 g/mol. The molecular weight excluding hydrogens is 344 g/mol. The molecule has 148 valence electrons. The standard InChI is InChI=1S/C21H30N2O4/c1-15(2)17-6-5-7-18(16(3)4)21(17)27-20(25)9-8-19(24)22-10-11-23-12-13-26-14-23/h5-7,12-13,15-16H,8-11,14H2,1-4H3,(H,22,24). The molecule has 0 spiro atoms. The normalized spacial score (nSPS) is 13.2. The van der Waals surface area contributed by atoms with Crippen molar-refractivity contribution in [1.82, 2.24) is 10.2 Å². The Morgan fingerprint density at radius 1 is 1.15 bits per heavy atom. The molecule has 27 heavy (non-hydrogen) atoms. The number of hydrogen-bond acceptors (Lipinski definition) is 5. The highest BCUT2D eigenvalue weighted by molar-refractivity contribution is 5.82. The lowest BCUT2D eigenvalue weighted by Crippen LogP contribution is -2.32. The molecule has 0 aliphatic carbocycles. The van der Waals surface area contributed by atoms with Crippen molar-refractivity contribution in [3.63, 3.8) is 0 Å². The summed E-state index contributed by atoms with van der Waals surface area (Å²) in [6, 6.07) is 5.97. The molecule has 1 aliphatic heterocycles. The van der Waals surface area contributed by atoms with E-state index in [1.165, 1.54) is 0 Å². The molecule has 0 aromatic heterocycles. The molecule has 0 bridgehead atoms. The van der Waals surface area contributed by atoms with E-state index < -0.39 is 0 Å². The number of amides is 1. The summed E-state index contributed by atoms with van der Waals surface area (Å²) in [5.74, 6) is 0.610. The molecular formula is C21H30N2O4. The van der Waals surface area contributed by atoms with Crippen LogP contribution >= 0.6 is 0 Å². The van der Waals surface area contributed by atoms with Gasteiger partial charge in [-0.25, -0.2) is 0 Å². The fourth-order valence-corrected chi connectivity index (χ4v) is 2.86. The third-order valence-electron chi connectivity index (χ3n) is 4.42. The van der Waals surface area contributed by atoms with Crippen molar-refractivity contribution >= 4 is 11.9 Å². The van der Waals surface area contributed by atoms with E-state index >= 15 is 0 Å². The molecule has 1 N–H and O–H groups in total. The van der Waals surface area contributed by atoms with Crippen LogP contribution in [0.2, 0.25) is 0 Å². The lowest BCUT2D eigenvalue weighted by atomic mass is 9.94. The SMILES string of the molecule is CC(C)c1cccc(C(C)C)c1OC(=O)CCC(=O)NCCN1C=COC1. The number of para-hydroxylation sites is 1. The second kappa shape index (κ2) is 10.00. The van der Waals surface area contributed by atoms with E-state index in [2.05, 4.69) is 33.0 Å². The Kier molecular flexibility index (Phi) is 7.70. The van der Waals surface area contributed by atoms with Crippen LogP contribution in [0.1, 0.15) is 63.5 Å². The Morgan fingerprint density at radius 3 is 2.37 bits per heavy atom. The van der Waals surface area contributed by atoms with Gasteiger partial charge in [-0.1, -0.05) is 45.9 Å². The van der Waals surface area contributed by atoms with Crippen molar-refractivity contribution < 1.29 is 19.1 Å². The molecule has 0 saturated carbocycles. The maximum atomic E-state index is 12.3. The van der Waals surface area contributed by atoms with Crippen molar-refractivity contribution in [1.29, 1.82) is 0 Å². The Hall–Kier alpha value is -2.50. The zero-order valence-electron chi connectivity index (χ0n) is 16.7. The number of ether oxygens (including phenoxy) is 2. The Balaban J connectivity index is 1.84. The minimum absolute atomic E-state index is 0.0581. The first-order valence-electron chi connectivity index (χ1n) is 9.51. The Labute approximate surface area is 161 Å². The van der Waals surface area contributed by atoms with Gasteiger partial charge in [-0.15, -0.1) is 0 Å². The van der Waals surface area contributed by atoms with Gasteiger partial charge < -0.3 is 19.7 Å². The van der Waals surface area contributed by atoms with E-state index in [1.54, 1.807) is 6.26 Å². The van der Waals surface area contributed by atoms with E-state index in [0.29, 0.717) is 25.6 Å². The third kappa shape index (κ3) is 6.31. The van der Waals surface area contributed by atoms with Crippen molar-refractivity contribution in [3.05, 3.63) is 41.8 Å². The van der Waals surface area contributed by atoms with Gasteiger partial charge in [-0.2, -0.15) is 0 Å². The number of carbonyl (C=O) groups excluding carboxylic acids is 2. The minimum atomic E-state index is -0.379. The molecule has 0 saturated heterocycles. The van der Waals surface area contributed by atoms with Gasteiger partial charge in [-0.05, 0) is 23.0 Å². The van der Waals surface area contributed by atoms with Crippen molar-refractivity contribution in [3.8, 4) is 5.75 Å². The molecule has 1 aliphatic rings. The largest absolute Gasteiger partial charge is 0.479 e. The van der Waals surface area contributed by atoms with Gasteiger partial charge >= 0.3 is 5.97 Å². The van der Waals surface area contributed by atoms with Gasteiger partial charge in [0.1, 0.15) is 12.0 Å². The fraction of sp³-hybridized carbons (Fsp3) is 0.524. The molecule has 2 rings (SSSR count). The van der Waals surface area contributed by atoms with Gasteiger partial charge in [0, 0.05) is 25.7 Å². The van der Waals surface area contributed by atoms with Gasteiger partial charge in [-0.3, -0.25) is 9.59 Å². The maximum absolute atomic E-state index is 12.3. The predicted molar refractivity (Wildman–Crippen MR) is 104 cm³/mol. The summed E-state index contributed by atoms with van der Waals surface area (Å²) >= 11 is 0. The van der Waals surface area contributed by atoms with Crippen LogP contribution in [0.4, 0.5) is 0 Å². The van der Waals surface area contributed by atoms with Crippen molar-refractivity contribution in [2.24, 2.45) is 0 Å². The zero-order valence-corrected chi connectivity index (χ0v) is 16.7. The highest BCUT2D eigenvalue weighted by Crippen LogP contribution is 2.34. The van der Waals surface area contributed by atoms with E-state index in [-0.39, 0.29) is 36.6 Å².